The van der Waals surface area contributed by atoms with Gasteiger partial charge in [-0.1, -0.05) is 25.1 Å². The molecule has 0 aromatic heterocycles. The molecule has 0 bridgehead atoms. The van der Waals surface area contributed by atoms with E-state index in [2.05, 4.69) is 28.5 Å². The molecular formula is C16H23N3O2. The molecule has 5 heteroatoms. The molecule has 1 heterocycles. The van der Waals surface area contributed by atoms with Gasteiger partial charge in [0.2, 0.25) is 5.91 Å². The van der Waals surface area contributed by atoms with Gasteiger partial charge in [0, 0.05) is 24.2 Å². The van der Waals surface area contributed by atoms with Crippen LogP contribution in [0.3, 0.4) is 0 Å². The first-order chi connectivity index (χ1) is 9.90. The number of imide groups is 1. The van der Waals surface area contributed by atoms with Crippen molar-refractivity contribution in [1.29, 1.82) is 0 Å². The third kappa shape index (κ3) is 3.35. The van der Waals surface area contributed by atoms with Crippen LogP contribution in [0, 0.1) is 0 Å². The number of rotatable bonds is 3. The Hall–Kier alpha value is -2.04. The highest BCUT2D eigenvalue weighted by Crippen LogP contribution is 2.36. The van der Waals surface area contributed by atoms with Crippen molar-refractivity contribution in [3.8, 4) is 0 Å². The molecule has 2 unspecified atom stereocenters. The quantitative estimate of drug-likeness (QED) is 0.897. The van der Waals surface area contributed by atoms with Crippen LogP contribution in [-0.4, -0.2) is 30.6 Å². The molecule has 0 fully saturated rings. The number of nitrogens with zero attached hydrogens (tertiary/aromatic N) is 1. The summed E-state index contributed by atoms with van der Waals surface area (Å²) in [5, 5.41) is 5.06. The van der Waals surface area contributed by atoms with E-state index in [-0.39, 0.29) is 18.0 Å². The molecule has 2 N–H and O–H groups in total. The lowest BCUT2D eigenvalue weighted by molar-refractivity contribution is -0.120. The van der Waals surface area contributed by atoms with Crippen LogP contribution in [0.2, 0.25) is 0 Å². The van der Waals surface area contributed by atoms with Crippen molar-refractivity contribution in [2.45, 2.75) is 45.7 Å². The normalized spacial score (nSPS) is 18.3. The number of fused-ring (bicyclic) bond motifs is 1. The third-order valence-corrected chi connectivity index (χ3v) is 3.75. The van der Waals surface area contributed by atoms with Gasteiger partial charge in [-0.05, 0) is 32.4 Å². The molecule has 1 aromatic carbocycles. The van der Waals surface area contributed by atoms with Crippen LogP contribution in [-0.2, 0) is 4.79 Å². The maximum Gasteiger partial charge on any atom is 0.321 e. The molecule has 2 rings (SSSR count). The first kappa shape index (κ1) is 15.4. The Kier molecular flexibility index (Phi) is 4.50. The number of hydrogen-bond donors (Lipinski definition) is 2. The van der Waals surface area contributed by atoms with E-state index < -0.39 is 6.03 Å². The van der Waals surface area contributed by atoms with Crippen LogP contribution < -0.4 is 15.5 Å². The van der Waals surface area contributed by atoms with E-state index in [1.807, 2.05) is 39.0 Å². The van der Waals surface area contributed by atoms with Crippen LogP contribution in [0.5, 0.6) is 0 Å². The van der Waals surface area contributed by atoms with Crippen LogP contribution in [0.1, 0.15) is 39.2 Å². The van der Waals surface area contributed by atoms with Crippen molar-refractivity contribution >= 4 is 17.6 Å². The van der Waals surface area contributed by atoms with Gasteiger partial charge in [0.1, 0.15) is 6.04 Å². The molecule has 0 radical (unpaired) electrons. The largest absolute Gasteiger partial charge is 0.359 e. The summed E-state index contributed by atoms with van der Waals surface area (Å²) in [6.45, 7) is 8.47. The second-order valence-electron chi connectivity index (χ2n) is 5.91. The Morgan fingerprint density at radius 2 is 1.90 bits per heavy atom. The van der Waals surface area contributed by atoms with Gasteiger partial charge in [-0.3, -0.25) is 10.1 Å². The molecule has 1 aliphatic heterocycles. The third-order valence-electron chi connectivity index (χ3n) is 3.75. The molecule has 0 spiro atoms. The zero-order valence-electron chi connectivity index (χ0n) is 13.0. The average Bonchev–Trinajstić information content (AvgIpc) is 2.75. The summed E-state index contributed by atoms with van der Waals surface area (Å²) in [5.74, 6) is 0.109. The summed E-state index contributed by atoms with van der Waals surface area (Å²) in [5.41, 5.74) is 2.33. The number of carbonyl (C=O) groups excluding carboxylic acids is 2. The molecule has 0 aliphatic carbocycles. The Bertz CT molecular complexity index is 542. The van der Waals surface area contributed by atoms with Gasteiger partial charge in [-0.25, -0.2) is 4.79 Å². The van der Waals surface area contributed by atoms with Crippen LogP contribution in [0.15, 0.2) is 24.3 Å². The molecule has 3 amide bonds. The lowest BCUT2D eigenvalue weighted by Crippen LogP contribution is -2.50. The van der Waals surface area contributed by atoms with Gasteiger partial charge in [-0.2, -0.15) is 0 Å². The summed E-state index contributed by atoms with van der Waals surface area (Å²) in [6.07, 6.45) is 0. The van der Waals surface area contributed by atoms with Crippen molar-refractivity contribution in [1.82, 2.24) is 10.6 Å². The lowest BCUT2D eigenvalue weighted by Gasteiger charge is -2.26. The van der Waals surface area contributed by atoms with Gasteiger partial charge in [0.05, 0.1) is 0 Å². The number of nitrogens with one attached hydrogen (secondary N) is 2. The fourth-order valence-corrected chi connectivity index (χ4v) is 2.68. The highest BCUT2D eigenvalue weighted by Gasteiger charge is 2.31. The summed E-state index contributed by atoms with van der Waals surface area (Å²) < 4.78 is 0. The van der Waals surface area contributed by atoms with Gasteiger partial charge < -0.3 is 10.2 Å². The number of urea groups is 1. The minimum Gasteiger partial charge on any atom is -0.359 e. The molecule has 0 saturated heterocycles. The number of benzene rings is 1. The number of amides is 3. The fourth-order valence-electron chi connectivity index (χ4n) is 2.68. The maximum absolute atomic E-state index is 12.2. The standard InChI is InChI=1S/C16H23N3O2/c1-10(2)17-16(21)18-15(20)12(4)19-9-11(3)13-7-5-6-8-14(13)19/h5-8,10-12H,9H2,1-4H3,(H2,17,18,20,21). The second-order valence-corrected chi connectivity index (χ2v) is 5.91. The van der Waals surface area contributed by atoms with Gasteiger partial charge in [0.25, 0.3) is 0 Å². The van der Waals surface area contributed by atoms with E-state index >= 15 is 0 Å². The van der Waals surface area contributed by atoms with Crippen molar-refractivity contribution in [3.63, 3.8) is 0 Å². The lowest BCUT2D eigenvalue weighted by atomic mass is 10.0. The predicted molar refractivity (Wildman–Crippen MR) is 83.5 cm³/mol. The van der Waals surface area contributed by atoms with Crippen molar-refractivity contribution < 1.29 is 9.59 Å². The number of para-hydroxylation sites is 1. The molecule has 114 valence electrons. The topological polar surface area (TPSA) is 61.4 Å². The first-order valence-corrected chi connectivity index (χ1v) is 7.37. The molecule has 5 nitrogen and oxygen atoms in total. The Labute approximate surface area is 125 Å². The molecular weight excluding hydrogens is 266 g/mol. The van der Waals surface area contributed by atoms with Crippen LogP contribution >= 0.6 is 0 Å². The van der Waals surface area contributed by atoms with Crippen molar-refractivity contribution in [2.75, 3.05) is 11.4 Å². The molecule has 0 saturated carbocycles. The molecule has 1 aromatic rings. The first-order valence-electron chi connectivity index (χ1n) is 7.37. The van der Waals surface area contributed by atoms with Gasteiger partial charge in [-0.15, -0.1) is 0 Å². The van der Waals surface area contributed by atoms with E-state index in [1.54, 1.807) is 0 Å². The van der Waals surface area contributed by atoms with E-state index in [0.717, 1.165) is 12.2 Å². The maximum atomic E-state index is 12.2. The fraction of sp³-hybridized carbons (Fsp3) is 0.500. The minimum absolute atomic E-state index is 0.000594. The molecule has 21 heavy (non-hydrogen) atoms. The Morgan fingerprint density at radius 3 is 2.57 bits per heavy atom. The zero-order chi connectivity index (χ0) is 15.6. The van der Waals surface area contributed by atoms with E-state index in [9.17, 15) is 9.59 Å². The number of anilines is 1. The summed E-state index contributed by atoms with van der Waals surface area (Å²) in [7, 11) is 0. The SMILES string of the molecule is CC(C)NC(=O)NC(=O)C(C)N1CC(C)c2ccccc21. The number of carbonyl (C=O) groups is 2. The van der Waals surface area contributed by atoms with Gasteiger partial charge in [0.15, 0.2) is 0 Å². The van der Waals surface area contributed by atoms with Gasteiger partial charge >= 0.3 is 6.03 Å². The van der Waals surface area contributed by atoms with E-state index in [4.69, 9.17) is 0 Å². The summed E-state index contributed by atoms with van der Waals surface area (Å²) in [4.78, 5) is 25.9. The minimum atomic E-state index is -0.442. The van der Waals surface area contributed by atoms with Crippen LogP contribution in [0.25, 0.3) is 0 Å². The Morgan fingerprint density at radius 1 is 1.24 bits per heavy atom. The highest BCUT2D eigenvalue weighted by atomic mass is 16.2. The predicted octanol–water partition coefficient (Wildman–Crippen LogP) is 2.23. The summed E-state index contributed by atoms with van der Waals surface area (Å²) in [6, 6.07) is 7.28. The molecule has 1 aliphatic rings. The van der Waals surface area contributed by atoms with Crippen molar-refractivity contribution in [3.05, 3.63) is 29.8 Å². The second kappa shape index (κ2) is 6.16. The zero-order valence-corrected chi connectivity index (χ0v) is 13.0. The van der Waals surface area contributed by atoms with Crippen molar-refractivity contribution in [2.24, 2.45) is 0 Å². The van der Waals surface area contributed by atoms with E-state index in [0.29, 0.717) is 5.92 Å². The summed E-state index contributed by atoms with van der Waals surface area (Å²) >= 11 is 0. The monoisotopic (exact) mass is 289 g/mol. The number of hydrogen-bond acceptors (Lipinski definition) is 3. The smallest absolute Gasteiger partial charge is 0.321 e. The molecule has 2 atom stereocenters. The average molecular weight is 289 g/mol. The van der Waals surface area contributed by atoms with Crippen LogP contribution in [0.4, 0.5) is 10.5 Å². The highest BCUT2D eigenvalue weighted by molar-refractivity contribution is 5.98. The van der Waals surface area contributed by atoms with E-state index in [1.165, 1.54) is 5.56 Å². The Balaban J connectivity index is 2.06.